The van der Waals surface area contributed by atoms with E-state index in [-0.39, 0.29) is 23.5 Å². The maximum Gasteiger partial charge on any atom is 0.280 e. The molecule has 0 aliphatic heterocycles. The number of nitro benzene ring substituents is 1. The van der Waals surface area contributed by atoms with Gasteiger partial charge in [0.1, 0.15) is 5.75 Å². The second-order valence-corrected chi connectivity index (χ2v) is 2.92. The van der Waals surface area contributed by atoms with Crippen LogP contribution in [0.2, 0.25) is 0 Å². The van der Waals surface area contributed by atoms with E-state index < -0.39 is 4.92 Å². The highest BCUT2D eigenvalue weighted by molar-refractivity contribution is 6.00. The van der Waals surface area contributed by atoms with Crippen LogP contribution in [0.1, 0.15) is 23.7 Å². The van der Waals surface area contributed by atoms with Crippen molar-refractivity contribution in [3.8, 4) is 5.75 Å². The molecule has 0 aliphatic rings. The summed E-state index contributed by atoms with van der Waals surface area (Å²) < 4.78 is 4.91. The van der Waals surface area contributed by atoms with E-state index in [4.69, 9.17) is 4.74 Å². The van der Waals surface area contributed by atoms with E-state index in [2.05, 4.69) is 0 Å². The molecular weight excluding hydrogens is 198 g/mol. The number of ketones is 1. The number of nitrogens with zero attached hydrogens (tertiary/aromatic N) is 1. The van der Waals surface area contributed by atoms with Crippen LogP contribution in [0.15, 0.2) is 18.2 Å². The van der Waals surface area contributed by atoms with Crippen molar-refractivity contribution in [1.29, 1.82) is 0 Å². The molecule has 1 aromatic rings. The third-order valence-corrected chi connectivity index (χ3v) is 2.02. The normalized spacial score (nSPS) is 9.73. The molecule has 0 radical (unpaired) electrons. The van der Waals surface area contributed by atoms with E-state index in [0.29, 0.717) is 5.75 Å². The van der Waals surface area contributed by atoms with Crippen LogP contribution in [-0.4, -0.2) is 17.8 Å². The third kappa shape index (κ3) is 2.31. The lowest BCUT2D eigenvalue weighted by molar-refractivity contribution is -0.385. The Morgan fingerprint density at radius 1 is 1.53 bits per heavy atom. The molecule has 0 heterocycles. The van der Waals surface area contributed by atoms with Crippen molar-refractivity contribution in [3.05, 3.63) is 33.9 Å². The zero-order valence-corrected chi connectivity index (χ0v) is 8.52. The molecular formula is C10H11NO4. The zero-order valence-electron chi connectivity index (χ0n) is 8.52. The first kappa shape index (κ1) is 11.2. The average molecular weight is 209 g/mol. The molecule has 0 unspecified atom stereocenters. The first-order valence-electron chi connectivity index (χ1n) is 4.45. The van der Waals surface area contributed by atoms with Crippen LogP contribution < -0.4 is 4.74 Å². The number of Topliss-reactive ketones (excluding diaryl/α,β-unsaturated/α-hetero) is 1. The molecule has 0 aromatic heterocycles. The highest BCUT2D eigenvalue weighted by atomic mass is 16.6. The predicted molar refractivity (Wildman–Crippen MR) is 54.3 cm³/mol. The van der Waals surface area contributed by atoms with Crippen LogP contribution in [-0.2, 0) is 0 Å². The summed E-state index contributed by atoms with van der Waals surface area (Å²) in [6, 6.07) is 4.14. The van der Waals surface area contributed by atoms with Gasteiger partial charge < -0.3 is 4.74 Å². The average Bonchev–Trinajstić information content (AvgIpc) is 2.26. The minimum atomic E-state index is -0.567. The summed E-state index contributed by atoms with van der Waals surface area (Å²) in [4.78, 5) is 21.5. The molecule has 0 atom stereocenters. The maximum atomic E-state index is 11.4. The number of hydrogen-bond donors (Lipinski definition) is 0. The Kier molecular flexibility index (Phi) is 3.38. The summed E-state index contributed by atoms with van der Waals surface area (Å²) in [6.07, 6.45) is 0.230. The number of nitro groups is 1. The Morgan fingerprint density at radius 2 is 2.20 bits per heavy atom. The second-order valence-electron chi connectivity index (χ2n) is 2.92. The van der Waals surface area contributed by atoms with Gasteiger partial charge in [-0.15, -0.1) is 0 Å². The van der Waals surface area contributed by atoms with Crippen LogP contribution >= 0.6 is 0 Å². The summed E-state index contributed by atoms with van der Waals surface area (Å²) >= 11 is 0. The van der Waals surface area contributed by atoms with E-state index in [0.717, 1.165) is 0 Å². The van der Waals surface area contributed by atoms with Crippen LogP contribution in [0.25, 0.3) is 0 Å². The molecule has 0 amide bonds. The quantitative estimate of drug-likeness (QED) is 0.433. The van der Waals surface area contributed by atoms with E-state index >= 15 is 0 Å². The monoisotopic (exact) mass is 209 g/mol. The topological polar surface area (TPSA) is 69.4 Å². The summed E-state index contributed by atoms with van der Waals surface area (Å²) in [7, 11) is 1.45. The largest absolute Gasteiger partial charge is 0.497 e. The fraction of sp³-hybridized carbons (Fsp3) is 0.300. The molecule has 80 valence electrons. The van der Waals surface area contributed by atoms with Crippen LogP contribution in [0.3, 0.4) is 0 Å². The number of carbonyl (C=O) groups excluding carboxylic acids is 1. The number of rotatable bonds is 4. The molecule has 0 N–H and O–H groups in total. The summed E-state index contributed by atoms with van der Waals surface area (Å²) in [5.74, 6) is 0.179. The third-order valence-electron chi connectivity index (χ3n) is 2.02. The van der Waals surface area contributed by atoms with Gasteiger partial charge in [-0.05, 0) is 12.1 Å². The van der Waals surface area contributed by atoms with Gasteiger partial charge in [-0.3, -0.25) is 14.9 Å². The minimum absolute atomic E-state index is 0.0989. The number of ether oxygens (including phenoxy) is 1. The molecule has 5 nitrogen and oxygen atoms in total. The van der Waals surface area contributed by atoms with Crippen molar-refractivity contribution in [3.63, 3.8) is 0 Å². The van der Waals surface area contributed by atoms with Crippen molar-refractivity contribution >= 4 is 11.5 Å². The Bertz CT molecular complexity index is 400. The maximum absolute atomic E-state index is 11.4. The smallest absolute Gasteiger partial charge is 0.280 e. The van der Waals surface area contributed by atoms with Gasteiger partial charge >= 0.3 is 0 Å². The van der Waals surface area contributed by atoms with Crippen molar-refractivity contribution in [2.45, 2.75) is 13.3 Å². The summed E-state index contributed by atoms with van der Waals surface area (Å²) in [6.45, 7) is 1.66. The van der Waals surface area contributed by atoms with Crippen molar-refractivity contribution < 1.29 is 14.5 Å². The number of carbonyl (C=O) groups is 1. The van der Waals surface area contributed by atoms with E-state index in [1.807, 2.05) is 0 Å². The lowest BCUT2D eigenvalue weighted by atomic mass is 10.1. The van der Waals surface area contributed by atoms with Gasteiger partial charge in [0.15, 0.2) is 5.78 Å². The second kappa shape index (κ2) is 4.54. The lowest BCUT2D eigenvalue weighted by Gasteiger charge is -2.03. The van der Waals surface area contributed by atoms with Crippen LogP contribution in [0.5, 0.6) is 5.75 Å². The molecule has 0 spiro atoms. The highest BCUT2D eigenvalue weighted by Gasteiger charge is 2.19. The van der Waals surface area contributed by atoms with Gasteiger partial charge in [0, 0.05) is 12.5 Å². The molecule has 5 heteroatoms. The Balaban J connectivity index is 3.28. The van der Waals surface area contributed by atoms with Crippen LogP contribution in [0.4, 0.5) is 5.69 Å². The Hall–Kier alpha value is -1.91. The Labute approximate surface area is 86.8 Å². The van der Waals surface area contributed by atoms with Gasteiger partial charge in [-0.25, -0.2) is 0 Å². The molecule has 1 aromatic carbocycles. The Morgan fingerprint density at radius 3 is 2.67 bits per heavy atom. The van der Waals surface area contributed by atoms with Gasteiger partial charge in [0.25, 0.3) is 5.69 Å². The van der Waals surface area contributed by atoms with E-state index in [1.165, 1.54) is 25.3 Å². The first-order chi connectivity index (χ1) is 7.10. The van der Waals surface area contributed by atoms with Crippen molar-refractivity contribution in [1.82, 2.24) is 0 Å². The molecule has 0 bridgehead atoms. The fourth-order valence-electron chi connectivity index (χ4n) is 1.22. The SMILES string of the molecule is CCC(=O)c1cc(OC)ccc1[N+](=O)[O-]. The molecule has 0 aliphatic carbocycles. The number of hydrogen-bond acceptors (Lipinski definition) is 4. The van der Waals surface area contributed by atoms with Gasteiger partial charge in [0.2, 0.25) is 0 Å². The van der Waals surface area contributed by atoms with Gasteiger partial charge in [0.05, 0.1) is 17.6 Å². The highest BCUT2D eigenvalue weighted by Crippen LogP contribution is 2.24. The summed E-state index contributed by atoms with van der Waals surface area (Å²) in [5.41, 5.74) is -0.0792. The molecule has 15 heavy (non-hydrogen) atoms. The molecule has 0 saturated carbocycles. The lowest BCUT2D eigenvalue weighted by Crippen LogP contribution is -2.03. The first-order valence-corrected chi connectivity index (χ1v) is 4.45. The van der Waals surface area contributed by atoms with Crippen molar-refractivity contribution in [2.24, 2.45) is 0 Å². The van der Waals surface area contributed by atoms with Crippen molar-refractivity contribution in [2.75, 3.05) is 7.11 Å². The van der Waals surface area contributed by atoms with E-state index in [1.54, 1.807) is 6.92 Å². The molecule has 0 saturated heterocycles. The van der Waals surface area contributed by atoms with Crippen LogP contribution in [0, 0.1) is 10.1 Å². The molecule has 0 fully saturated rings. The van der Waals surface area contributed by atoms with E-state index in [9.17, 15) is 14.9 Å². The predicted octanol–water partition coefficient (Wildman–Crippen LogP) is 2.20. The summed E-state index contributed by atoms with van der Waals surface area (Å²) in [5, 5.41) is 10.7. The van der Waals surface area contributed by atoms with Gasteiger partial charge in [-0.2, -0.15) is 0 Å². The number of benzene rings is 1. The fourth-order valence-corrected chi connectivity index (χ4v) is 1.22. The van der Waals surface area contributed by atoms with Gasteiger partial charge in [-0.1, -0.05) is 6.92 Å². The minimum Gasteiger partial charge on any atom is -0.497 e. The zero-order chi connectivity index (χ0) is 11.4. The standard InChI is InChI=1S/C10H11NO4/c1-3-10(12)8-6-7(15-2)4-5-9(8)11(13)14/h4-6H,3H2,1-2H3. The number of methoxy groups -OCH3 is 1. The molecule has 1 rings (SSSR count).